The van der Waals surface area contributed by atoms with Gasteiger partial charge in [-0.15, -0.1) is 0 Å². The molecule has 0 aliphatic carbocycles. The van der Waals surface area contributed by atoms with E-state index in [-0.39, 0.29) is 5.69 Å². The molecule has 7 heteroatoms. The number of carbonyl (C=O) groups is 2. The van der Waals surface area contributed by atoms with Crippen LogP contribution in [0.4, 0.5) is 10.1 Å². The number of aryl methyl sites for hydroxylation is 1. The van der Waals surface area contributed by atoms with Gasteiger partial charge in [-0.25, -0.2) is 4.39 Å². The summed E-state index contributed by atoms with van der Waals surface area (Å²) in [5.74, 6) is -2.37. The minimum absolute atomic E-state index is 0.0845. The van der Waals surface area contributed by atoms with Crippen molar-refractivity contribution >= 4 is 17.5 Å². The van der Waals surface area contributed by atoms with Crippen molar-refractivity contribution in [1.82, 2.24) is 5.32 Å². The van der Waals surface area contributed by atoms with Crippen LogP contribution in [0.5, 0.6) is 0 Å². The molecule has 0 fully saturated rings. The minimum Gasteiger partial charge on any atom is -0.467 e. The smallest absolute Gasteiger partial charge is 0.313 e. The number of aliphatic hydroxyl groups is 1. The molecule has 2 amide bonds. The lowest BCUT2D eigenvalue weighted by molar-refractivity contribution is -0.136. The molecule has 2 aromatic rings. The quantitative estimate of drug-likeness (QED) is 0.747. The van der Waals surface area contributed by atoms with E-state index in [1.165, 1.54) is 18.4 Å². The van der Waals surface area contributed by atoms with E-state index in [1.54, 1.807) is 25.1 Å². The van der Waals surface area contributed by atoms with Gasteiger partial charge in [0.05, 0.1) is 18.6 Å². The van der Waals surface area contributed by atoms with E-state index in [1.807, 2.05) is 0 Å². The molecule has 0 saturated heterocycles. The van der Waals surface area contributed by atoms with Crippen molar-refractivity contribution in [3.05, 3.63) is 53.7 Å². The normalized spacial score (nSPS) is 11.8. The fraction of sp³-hybridized carbons (Fsp3) is 0.200. The van der Waals surface area contributed by atoms with Crippen molar-refractivity contribution in [2.75, 3.05) is 11.9 Å². The topological polar surface area (TPSA) is 91.6 Å². The number of halogens is 1. The Labute approximate surface area is 125 Å². The largest absolute Gasteiger partial charge is 0.467 e. The van der Waals surface area contributed by atoms with Crippen LogP contribution in [0.15, 0.2) is 41.0 Å². The monoisotopic (exact) mass is 306 g/mol. The van der Waals surface area contributed by atoms with Gasteiger partial charge in [0.2, 0.25) is 0 Å². The number of hydrogen-bond acceptors (Lipinski definition) is 4. The second-order valence-corrected chi connectivity index (χ2v) is 4.66. The summed E-state index contributed by atoms with van der Waals surface area (Å²) in [6.45, 7) is 1.29. The van der Waals surface area contributed by atoms with E-state index in [0.29, 0.717) is 5.76 Å². The van der Waals surface area contributed by atoms with Crippen LogP contribution in [0.3, 0.4) is 0 Å². The zero-order valence-corrected chi connectivity index (χ0v) is 11.8. The first-order chi connectivity index (χ1) is 10.5. The summed E-state index contributed by atoms with van der Waals surface area (Å²) in [4.78, 5) is 23.6. The summed E-state index contributed by atoms with van der Waals surface area (Å²) < 4.78 is 18.6. The van der Waals surface area contributed by atoms with Crippen LogP contribution in [-0.2, 0) is 9.59 Å². The van der Waals surface area contributed by atoms with Gasteiger partial charge >= 0.3 is 11.8 Å². The summed E-state index contributed by atoms with van der Waals surface area (Å²) in [5.41, 5.74) is 0.652. The third-order valence-electron chi connectivity index (χ3n) is 2.95. The minimum atomic E-state index is -1.03. The molecule has 116 valence electrons. The molecule has 0 spiro atoms. The van der Waals surface area contributed by atoms with Gasteiger partial charge in [0, 0.05) is 0 Å². The van der Waals surface area contributed by atoms with Gasteiger partial charge in [-0.1, -0.05) is 6.07 Å². The van der Waals surface area contributed by atoms with Crippen LogP contribution in [0.2, 0.25) is 0 Å². The summed E-state index contributed by atoms with van der Waals surface area (Å²) in [7, 11) is 0. The summed E-state index contributed by atoms with van der Waals surface area (Å²) >= 11 is 0. The molecule has 1 atom stereocenters. The van der Waals surface area contributed by atoms with Gasteiger partial charge in [0.1, 0.15) is 17.6 Å². The predicted octanol–water partition coefficient (Wildman–Crippen LogP) is 1.52. The highest BCUT2D eigenvalue weighted by molar-refractivity contribution is 6.39. The highest BCUT2D eigenvalue weighted by Crippen LogP contribution is 2.16. The molecular formula is C15H15FN2O4. The fourth-order valence-corrected chi connectivity index (χ4v) is 1.83. The van der Waals surface area contributed by atoms with Gasteiger partial charge in [0.25, 0.3) is 0 Å². The van der Waals surface area contributed by atoms with E-state index >= 15 is 0 Å². The molecule has 0 radical (unpaired) electrons. The molecule has 2 rings (SSSR count). The van der Waals surface area contributed by atoms with E-state index in [0.717, 1.165) is 5.56 Å². The lowest BCUT2D eigenvalue weighted by Crippen LogP contribution is -2.39. The average molecular weight is 306 g/mol. The van der Waals surface area contributed by atoms with Crippen molar-refractivity contribution in [2.45, 2.75) is 13.0 Å². The molecular weight excluding hydrogens is 291 g/mol. The average Bonchev–Trinajstić information content (AvgIpc) is 3.02. The Morgan fingerprint density at radius 1 is 1.32 bits per heavy atom. The molecule has 22 heavy (non-hydrogen) atoms. The molecule has 1 heterocycles. The zero-order valence-electron chi connectivity index (χ0n) is 11.8. The van der Waals surface area contributed by atoms with Crippen molar-refractivity contribution < 1.29 is 23.5 Å². The van der Waals surface area contributed by atoms with E-state index < -0.39 is 30.3 Å². The predicted molar refractivity (Wildman–Crippen MR) is 76.4 cm³/mol. The van der Waals surface area contributed by atoms with E-state index in [4.69, 9.17) is 4.42 Å². The van der Waals surface area contributed by atoms with Crippen LogP contribution in [0.1, 0.15) is 17.4 Å². The Morgan fingerprint density at radius 3 is 2.73 bits per heavy atom. The number of benzene rings is 1. The van der Waals surface area contributed by atoms with Gasteiger partial charge in [-0.3, -0.25) is 9.59 Å². The molecule has 0 saturated carbocycles. The first-order valence-electron chi connectivity index (χ1n) is 6.53. The molecule has 0 aliphatic heterocycles. The first kappa shape index (κ1) is 15.7. The van der Waals surface area contributed by atoms with Crippen molar-refractivity contribution in [3.8, 4) is 0 Å². The van der Waals surface area contributed by atoms with Crippen molar-refractivity contribution in [2.24, 2.45) is 0 Å². The van der Waals surface area contributed by atoms with Crippen molar-refractivity contribution in [3.63, 3.8) is 0 Å². The van der Waals surface area contributed by atoms with Crippen molar-refractivity contribution in [1.29, 1.82) is 0 Å². The number of furan rings is 1. The maximum Gasteiger partial charge on any atom is 0.313 e. The van der Waals surface area contributed by atoms with Gasteiger partial charge < -0.3 is 20.2 Å². The first-order valence-corrected chi connectivity index (χ1v) is 6.53. The number of rotatable bonds is 4. The molecule has 1 aromatic heterocycles. The highest BCUT2D eigenvalue weighted by atomic mass is 19.1. The standard InChI is InChI=1S/C15H15FN2O4/c1-9-4-5-10(16)11(7-9)17-14(20)15(21)18-12(8-19)13-3-2-6-22-13/h2-7,12,19H,8H2,1H3,(H,17,20)(H,18,21). The Hall–Kier alpha value is -2.67. The molecule has 1 unspecified atom stereocenters. The Bertz CT molecular complexity index is 670. The molecule has 6 nitrogen and oxygen atoms in total. The van der Waals surface area contributed by atoms with Gasteiger partial charge in [0.15, 0.2) is 0 Å². The third kappa shape index (κ3) is 3.70. The SMILES string of the molecule is Cc1ccc(F)c(NC(=O)C(=O)NC(CO)c2ccco2)c1. The lowest BCUT2D eigenvalue weighted by atomic mass is 10.2. The third-order valence-corrected chi connectivity index (χ3v) is 2.95. The van der Waals surface area contributed by atoms with Gasteiger partial charge in [-0.2, -0.15) is 0 Å². The number of amides is 2. The summed E-state index contributed by atoms with van der Waals surface area (Å²) in [6, 6.07) is 6.45. The Morgan fingerprint density at radius 2 is 2.09 bits per heavy atom. The summed E-state index contributed by atoms with van der Waals surface area (Å²) in [6.07, 6.45) is 1.38. The number of aliphatic hydroxyl groups excluding tert-OH is 1. The van der Waals surface area contributed by atoms with Gasteiger partial charge in [-0.05, 0) is 36.8 Å². The highest BCUT2D eigenvalue weighted by Gasteiger charge is 2.22. The zero-order chi connectivity index (χ0) is 16.1. The van der Waals surface area contributed by atoms with Crippen LogP contribution in [0, 0.1) is 12.7 Å². The second kappa shape index (κ2) is 6.86. The summed E-state index contributed by atoms with van der Waals surface area (Å²) in [5, 5.41) is 13.7. The Balaban J connectivity index is 2.03. The van der Waals surface area contributed by atoms with E-state index in [2.05, 4.69) is 10.6 Å². The maximum atomic E-state index is 13.5. The van der Waals surface area contributed by atoms with Crippen LogP contribution in [-0.4, -0.2) is 23.5 Å². The number of nitrogens with one attached hydrogen (secondary N) is 2. The second-order valence-electron chi connectivity index (χ2n) is 4.66. The van der Waals surface area contributed by atoms with Crippen LogP contribution in [0.25, 0.3) is 0 Å². The number of anilines is 1. The molecule has 0 bridgehead atoms. The number of hydrogen-bond donors (Lipinski definition) is 3. The molecule has 3 N–H and O–H groups in total. The maximum absolute atomic E-state index is 13.5. The number of carbonyl (C=O) groups excluding carboxylic acids is 2. The lowest BCUT2D eigenvalue weighted by Gasteiger charge is -2.14. The van der Waals surface area contributed by atoms with E-state index in [9.17, 15) is 19.1 Å². The Kier molecular flexibility index (Phi) is 4.90. The van der Waals surface area contributed by atoms with Crippen LogP contribution < -0.4 is 10.6 Å². The molecule has 1 aromatic carbocycles. The van der Waals surface area contributed by atoms with Crippen LogP contribution >= 0.6 is 0 Å². The fourth-order valence-electron chi connectivity index (χ4n) is 1.83. The molecule has 0 aliphatic rings.